The van der Waals surface area contributed by atoms with Gasteiger partial charge in [-0.2, -0.15) is 5.10 Å². The topological polar surface area (TPSA) is 77.7 Å². The Kier molecular flexibility index (Phi) is 4.49. The maximum absolute atomic E-state index is 9.81. The summed E-state index contributed by atoms with van der Waals surface area (Å²) >= 11 is 6.41. The highest BCUT2D eigenvalue weighted by Crippen LogP contribution is 2.40. The van der Waals surface area contributed by atoms with E-state index in [1.807, 2.05) is 30.3 Å². The number of anilines is 1. The van der Waals surface area contributed by atoms with Crippen LogP contribution in [0.15, 0.2) is 56.6 Å². The molecule has 5 nitrogen and oxygen atoms in total. The molecular weight excluding hydrogens is 426 g/mol. The molecule has 0 aliphatic carbocycles. The third-order valence-electron chi connectivity index (χ3n) is 3.22. The lowest BCUT2D eigenvalue weighted by Crippen LogP contribution is -1.94. The first-order chi connectivity index (χ1) is 11.1. The van der Waals surface area contributed by atoms with Gasteiger partial charge in [0.1, 0.15) is 0 Å². The molecule has 0 amide bonds. The molecule has 0 saturated heterocycles. The highest BCUT2D eigenvalue weighted by atomic mass is 79.9. The van der Waals surface area contributed by atoms with Crippen LogP contribution in [0.1, 0.15) is 5.56 Å². The number of nitrogens with one attached hydrogen (secondary N) is 1. The maximum Gasteiger partial charge on any atom is 0.173 e. The van der Waals surface area contributed by atoms with E-state index in [1.165, 1.54) is 6.21 Å². The molecule has 0 atom stereocenters. The number of pyridine rings is 1. The number of halogens is 2. The zero-order chi connectivity index (χ0) is 16.4. The van der Waals surface area contributed by atoms with Crippen LogP contribution in [0.25, 0.3) is 10.9 Å². The number of hydrogen-bond donors (Lipinski definition) is 3. The van der Waals surface area contributed by atoms with E-state index in [1.54, 1.807) is 12.3 Å². The lowest BCUT2D eigenvalue weighted by molar-refractivity contribution is 0.399. The van der Waals surface area contributed by atoms with Crippen molar-refractivity contribution in [3.8, 4) is 11.5 Å². The van der Waals surface area contributed by atoms with Crippen molar-refractivity contribution in [1.29, 1.82) is 0 Å². The van der Waals surface area contributed by atoms with Gasteiger partial charge in [-0.25, -0.2) is 0 Å². The first-order valence-electron chi connectivity index (χ1n) is 6.60. The van der Waals surface area contributed by atoms with Crippen molar-refractivity contribution in [1.82, 2.24) is 4.98 Å². The Morgan fingerprint density at radius 2 is 1.87 bits per heavy atom. The van der Waals surface area contributed by atoms with E-state index in [-0.39, 0.29) is 11.5 Å². The van der Waals surface area contributed by atoms with Crippen molar-refractivity contribution in [2.75, 3.05) is 5.43 Å². The predicted molar refractivity (Wildman–Crippen MR) is 98.1 cm³/mol. The van der Waals surface area contributed by atoms with Gasteiger partial charge in [-0.15, -0.1) is 0 Å². The quantitative estimate of drug-likeness (QED) is 0.318. The Labute approximate surface area is 148 Å². The minimum atomic E-state index is -0.243. The van der Waals surface area contributed by atoms with E-state index in [4.69, 9.17) is 0 Å². The molecule has 0 spiro atoms. The number of hydrazone groups is 1. The first kappa shape index (κ1) is 15.8. The van der Waals surface area contributed by atoms with Crippen LogP contribution in [0.2, 0.25) is 0 Å². The van der Waals surface area contributed by atoms with Crippen LogP contribution in [0.4, 0.5) is 5.69 Å². The van der Waals surface area contributed by atoms with Crippen molar-refractivity contribution in [3.63, 3.8) is 0 Å². The van der Waals surface area contributed by atoms with Gasteiger partial charge in [-0.1, -0.05) is 18.2 Å². The summed E-state index contributed by atoms with van der Waals surface area (Å²) in [5.74, 6) is -0.465. The Bertz CT molecular complexity index is 908. The number of nitrogens with zero attached hydrogens (tertiary/aromatic N) is 2. The van der Waals surface area contributed by atoms with Gasteiger partial charge in [0, 0.05) is 17.1 Å². The molecule has 0 unspecified atom stereocenters. The van der Waals surface area contributed by atoms with E-state index >= 15 is 0 Å². The van der Waals surface area contributed by atoms with E-state index < -0.39 is 0 Å². The molecule has 7 heteroatoms. The number of para-hydroxylation sites is 1. The van der Waals surface area contributed by atoms with E-state index in [0.29, 0.717) is 14.5 Å². The summed E-state index contributed by atoms with van der Waals surface area (Å²) in [7, 11) is 0. The zero-order valence-corrected chi connectivity index (χ0v) is 14.8. The second-order valence-corrected chi connectivity index (χ2v) is 6.36. The van der Waals surface area contributed by atoms with Crippen molar-refractivity contribution in [2.45, 2.75) is 0 Å². The second-order valence-electron chi connectivity index (χ2n) is 4.71. The molecule has 0 bridgehead atoms. The van der Waals surface area contributed by atoms with Crippen LogP contribution in [-0.4, -0.2) is 21.4 Å². The third-order valence-corrected chi connectivity index (χ3v) is 4.65. The van der Waals surface area contributed by atoms with Crippen LogP contribution < -0.4 is 5.43 Å². The molecule has 23 heavy (non-hydrogen) atoms. The molecule has 0 aliphatic rings. The molecule has 3 aromatic rings. The van der Waals surface area contributed by atoms with E-state index in [0.717, 1.165) is 16.6 Å². The fourth-order valence-electron chi connectivity index (χ4n) is 2.08. The maximum atomic E-state index is 9.81. The SMILES string of the molecule is Oc1c(Br)cc(C=NNc2cccc3cccnc23)c(Br)c1O. The van der Waals surface area contributed by atoms with Crippen molar-refractivity contribution in [3.05, 3.63) is 57.1 Å². The average Bonchev–Trinajstić information content (AvgIpc) is 2.57. The van der Waals surface area contributed by atoms with Crippen molar-refractivity contribution >= 4 is 54.7 Å². The van der Waals surface area contributed by atoms with Gasteiger partial charge < -0.3 is 10.2 Å². The molecule has 3 rings (SSSR count). The normalized spacial score (nSPS) is 11.2. The van der Waals surface area contributed by atoms with Crippen molar-refractivity contribution < 1.29 is 10.2 Å². The number of rotatable bonds is 3. The number of fused-ring (bicyclic) bond motifs is 1. The molecule has 1 heterocycles. The molecule has 0 radical (unpaired) electrons. The van der Waals surface area contributed by atoms with Crippen LogP contribution in [0.5, 0.6) is 11.5 Å². The minimum Gasteiger partial charge on any atom is -0.503 e. The largest absolute Gasteiger partial charge is 0.503 e. The Morgan fingerprint density at radius 3 is 2.70 bits per heavy atom. The lowest BCUT2D eigenvalue weighted by atomic mass is 10.2. The van der Waals surface area contributed by atoms with Gasteiger partial charge >= 0.3 is 0 Å². The summed E-state index contributed by atoms with van der Waals surface area (Å²) in [4.78, 5) is 4.34. The van der Waals surface area contributed by atoms with Gasteiger partial charge in [0.05, 0.1) is 26.4 Å². The fraction of sp³-hybridized carbons (Fsp3) is 0. The lowest BCUT2D eigenvalue weighted by Gasteiger charge is -2.07. The summed E-state index contributed by atoms with van der Waals surface area (Å²) in [6, 6.07) is 11.3. The predicted octanol–water partition coefficient (Wildman–Crippen LogP) is 4.62. The first-order valence-corrected chi connectivity index (χ1v) is 8.19. The number of phenolic OH excluding ortho intramolecular Hbond substituents is 2. The zero-order valence-electron chi connectivity index (χ0n) is 11.7. The summed E-state index contributed by atoms with van der Waals surface area (Å²) in [5, 5.41) is 24.6. The van der Waals surface area contributed by atoms with Gasteiger partial charge in [-0.3, -0.25) is 10.4 Å². The van der Waals surface area contributed by atoms with Crippen LogP contribution in [-0.2, 0) is 0 Å². The van der Waals surface area contributed by atoms with E-state index in [9.17, 15) is 10.2 Å². The third kappa shape index (κ3) is 3.16. The fourth-order valence-corrected chi connectivity index (χ4v) is 2.92. The smallest absolute Gasteiger partial charge is 0.173 e. The Balaban J connectivity index is 1.90. The number of benzene rings is 2. The Morgan fingerprint density at radius 1 is 1.09 bits per heavy atom. The minimum absolute atomic E-state index is 0.222. The highest BCUT2D eigenvalue weighted by Gasteiger charge is 2.12. The number of aromatic hydroxyl groups is 2. The summed E-state index contributed by atoms with van der Waals surface area (Å²) in [5.41, 5.74) is 5.14. The average molecular weight is 437 g/mol. The van der Waals surface area contributed by atoms with Gasteiger partial charge in [0.25, 0.3) is 0 Å². The molecule has 116 valence electrons. The number of hydrogen-bond acceptors (Lipinski definition) is 5. The van der Waals surface area contributed by atoms with Crippen molar-refractivity contribution in [2.24, 2.45) is 5.10 Å². The number of phenols is 2. The van der Waals surface area contributed by atoms with Gasteiger partial charge in [-0.05, 0) is 50.1 Å². The molecule has 0 aliphatic heterocycles. The second kappa shape index (κ2) is 6.55. The van der Waals surface area contributed by atoms with Crippen LogP contribution in [0, 0.1) is 0 Å². The van der Waals surface area contributed by atoms with E-state index in [2.05, 4.69) is 47.4 Å². The number of aromatic nitrogens is 1. The standard InChI is InChI=1S/C16H11Br2N3O2/c17-11-7-10(13(18)16(23)15(11)22)8-20-21-12-5-1-3-9-4-2-6-19-14(9)12/h1-8,21-23H. The molecular formula is C16H11Br2N3O2. The van der Waals surface area contributed by atoms with Gasteiger partial charge in [0.15, 0.2) is 11.5 Å². The van der Waals surface area contributed by atoms with Crippen LogP contribution in [0.3, 0.4) is 0 Å². The molecule has 0 saturated carbocycles. The summed E-state index contributed by atoms with van der Waals surface area (Å²) in [6.45, 7) is 0. The highest BCUT2D eigenvalue weighted by molar-refractivity contribution is 9.11. The van der Waals surface area contributed by atoms with Crippen LogP contribution >= 0.6 is 31.9 Å². The molecule has 3 N–H and O–H groups in total. The monoisotopic (exact) mass is 435 g/mol. The molecule has 1 aromatic heterocycles. The summed E-state index contributed by atoms with van der Waals surface area (Å²) in [6.07, 6.45) is 3.26. The Hall–Kier alpha value is -2.12. The molecule has 2 aromatic carbocycles. The molecule has 0 fully saturated rings. The summed E-state index contributed by atoms with van der Waals surface area (Å²) < 4.78 is 0.742. The van der Waals surface area contributed by atoms with Gasteiger partial charge in [0.2, 0.25) is 0 Å².